The van der Waals surface area contributed by atoms with Crippen molar-refractivity contribution in [3.05, 3.63) is 47.4 Å². The highest BCUT2D eigenvalue weighted by molar-refractivity contribution is 5.75. The molecule has 0 radical (unpaired) electrons. The average molecular weight is 310 g/mol. The molecule has 0 bridgehead atoms. The number of hydrogen-bond acceptors (Lipinski definition) is 5. The first-order chi connectivity index (χ1) is 11.1. The summed E-state index contributed by atoms with van der Waals surface area (Å²) in [5, 5.41) is 16.8. The third-order valence-electron chi connectivity index (χ3n) is 4.14. The maximum atomic E-state index is 5.82. The van der Waals surface area contributed by atoms with Gasteiger partial charge in [0.05, 0.1) is 11.9 Å². The van der Waals surface area contributed by atoms with Crippen LogP contribution in [0.25, 0.3) is 5.95 Å². The first-order valence-corrected chi connectivity index (χ1v) is 7.69. The molecule has 23 heavy (non-hydrogen) atoms. The highest BCUT2D eigenvalue weighted by atomic mass is 16.3. The van der Waals surface area contributed by atoms with Crippen LogP contribution in [-0.4, -0.2) is 30.9 Å². The van der Waals surface area contributed by atoms with Crippen molar-refractivity contribution in [2.24, 2.45) is 11.0 Å². The van der Waals surface area contributed by atoms with Gasteiger partial charge in [0.1, 0.15) is 17.8 Å². The van der Waals surface area contributed by atoms with Crippen molar-refractivity contribution in [2.75, 3.05) is 0 Å². The summed E-state index contributed by atoms with van der Waals surface area (Å²) in [6.07, 6.45) is 4.43. The molecular formula is C16H18N6O. The zero-order valence-electron chi connectivity index (χ0n) is 13.3. The molecule has 1 aliphatic rings. The van der Waals surface area contributed by atoms with E-state index in [0.717, 1.165) is 28.8 Å². The zero-order valence-corrected chi connectivity index (χ0v) is 13.3. The quantitative estimate of drug-likeness (QED) is 0.694. The van der Waals surface area contributed by atoms with Gasteiger partial charge in [-0.3, -0.25) is 0 Å². The van der Waals surface area contributed by atoms with Gasteiger partial charge in [-0.1, -0.05) is 6.92 Å². The zero-order chi connectivity index (χ0) is 16.0. The molecule has 1 fully saturated rings. The Hall–Kier alpha value is -2.70. The number of hydrogen-bond donors (Lipinski definition) is 0. The lowest BCUT2D eigenvalue weighted by Gasteiger charge is -2.01. The summed E-state index contributed by atoms with van der Waals surface area (Å²) >= 11 is 0. The van der Waals surface area contributed by atoms with Crippen molar-refractivity contribution in [3.63, 3.8) is 0 Å². The summed E-state index contributed by atoms with van der Waals surface area (Å²) in [5.41, 5.74) is 1.91. The van der Waals surface area contributed by atoms with Crippen LogP contribution in [0.15, 0.2) is 34.0 Å². The van der Waals surface area contributed by atoms with Crippen LogP contribution in [0.4, 0.5) is 0 Å². The molecule has 0 amide bonds. The molecule has 0 aromatic carbocycles. The normalized spacial score (nSPS) is 20.5. The van der Waals surface area contributed by atoms with E-state index in [1.54, 1.807) is 21.9 Å². The predicted molar refractivity (Wildman–Crippen MR) is 84.8 cm³/mol. The van der Waals surface area contributed by atoms with Gasteiger partial charge >= 0.3 is 0 Å². The van der Waals surface area contributed by atoms with Gasteiger partial charge in [-0.05, 0) is 44.4 Å². The van der Waals surface area contributed by atoms with E-state index < -0.39 is 0 Å². The third-order valence-corrected chi connectivity index (χ3v) is 4.14. The van der Waals surface area contributed by atoms with Gasteiger partial charge in [0.25, 0.3) is 5.95 Å². The summed E-state index contributed by atoms with van der Waals surface area (Å²) in [7, 11) is 0. The summed E-state index contributed by atoms with van der Waals surface area (Å²) < 4.78 is 9.13. The second-order valence-corrected chi connectivity index (χ2v) is 6.12. The van der Waals surface area contributed by atoms with Gasteiger partial charge < -0.3 is 4.42 Å². The maximum Gasteiger partial charge on any atom is 0.273 e. The van der Waals surface area contributed by atoms with Gasteiger partial charge in [-0.15, -0.1) is 10.2 Å². The number of rotatable bonds is 4. The molecule has 4 rings (SSSR count). The Balaban J connectivity index is 1.59. The van der Waals surface area contributed by atoms with Crippen molar-refractivity contribution in [3.8, 4) is 5.95 Å². The standard InChI is InChI=1S/C16H18N6O/c1-10-6-14(10)15-5-4-13(23-15)8-18-21-9-17-19-16(21)22-12(3)7-11(2)20-22/h4-5,7-10,14H,6H2,1-3H3/b18-8-/t10-,14-/m0/s1. The highest BCUT2D eigenvalue weighted by Gasteiger charge is 2.36. The Morgan fingerprint density at radius 1 is 1.35 bits per heavy atom. The number of nitrogens with zero attached hydrogens (tertiary/aromatic N) is 6. The molecule has 1 aliphatic carbocycles. The Kier molecular flexibility index (Phi) is 3.14. The van der Waals surface area contributed by atoms with E-state index >= 15 is 0 Å². The molecule has 0 spiro atoms. The average Bonchev–Trinajstić information content (AvgIpc) is 2.91. The Labute approximate surface area is 133 Å². The Bertz CT molecular complexity index is 871. The minimum Gasteiger partial charge on any atom is -0.460 e. The predicted octanol–water partition coefficient (Wildman–Crippen LogP) is 2.68. The van der Waals surface area contributed by atoms with Crippen molar-refractivity contribution in [1.29, 1.82) is 0 Å². The first-order valence-electron chi connectivity index (χ1n) is 7.69. The van der Waals surface area contributed by atoms with Crippen LogP contribution in [0.1, 0.15) is 42.2 Å². The van der Waals surface area contributed by atoms with Crippen LogP contribution < -0.4 is 0 Å². The lowest BCUT2D eigenvalue weighted by Crippen LogP contribution is -2.06. The van der Waals surface area contributed by atoms with Crippen molar-refractivity contribution < 1.29 is 4.42 Å². The third kappa shape index (κ3) is 2.58. The molecule has 7 nitrogen and oxygen atoms in total. The number of aryl methyl sites for hydroxylation is 2. The van der Waals surface area contributed by atoms with E-state index in [0.29, 0.717) is 11.9 Å². The van der Waals surface area contributed by atoms with E-state index in [2.05, 4.69) is 27.3 Å². The largest absolute Gasteiger partial charge is 0.460 e. The van der Waals surface area contributed by atoms with Crippen LogP contribution in [0, 0.1) is 19.8 Å². The minimum atomic E-state index is 0.550. The number of furan rings is 1. The van der Waals surface area contributed by atoms with Crippen molar-refractivity contribution in [1.82, 2.24) is 24.7 Å². The summed E-state index contributed by atoms with van der Waals surface area (Å²) in [4.78, 5) is 0. The van der Waals surface area contributed by atoms with Crippen molar-refractivity contribution >= 4 is 6.21 Å². The van der Waals surface area contributed by atoms with Crippen LogP contribution >= 0.6 is 0 Å². The fourth-order valence-electron chi connectivity index (χ4n) is 2.75. The maximum absolute atomic E-state index is 5.82. The van der Waals surface area contributed by atoms with E-state index in [4.69, 9.17) is 4.42 Å². The van der Waals surface area contributed by atoms with Gasteiger partial charge in [-0.25, -0.2) is 4.68 Å². The molecular weight excluding hydrogens is 292 g/mol. The van der Waals surface area contributed by atoms with E-state index in [-0.39, 0.29) is 0 Å². The van der Waals surface area contributed by atoms with Gasteiger partial charge in [0.2, 0.25) is 0 Å². The minimum absolute atomic E-state index is 0.550. The summed E-state index contributed by atoms with van der Waals surface area (Å²) in [5.74, 6) is 3.61. The molecule has 1 saturated carbocycles. The monoisotopic (exact) mass is 310 g/mol. The molecule has 0 N–H and O–H groups in total. The molecule has 0 aliphatic heterocycles. The molecule has 0 unspecified atom stereocenters. The molecule has 118 valence electrons. The second-order valence-electron chi connectivity index (χ2n) is 6.12. The number of aromatic nitrogens is 5. The van der Waals surface area contributed by atoms with Crippen LogP contribution in [0.3, 0.4) is 0 Å². The van der Waals surface area contributed by atoms with Crippen LogP contribution in [0.2, 0.25) is 0 Å². The summed E-state index contributed by atoms with van der Waals surface area (Å²) in [6, 6.07) is 5.96. The molecule has 3 heterocycles. The van der Waals surface area contributed by atoms with E-state index in [1.165, 1.54) is 6.42 Å². The van der Waals surface area contributed by atoms with Crippen LogP contribution in [-0.2, 0) is 0 Å². The Morgan fingerprint density at radius 3 is 2.87 bits per heavy atom. The van der Waals surface area contributed by atoms with E-state index in [1.807, 2.05) is 32.0 Å². The fraction of sp³-hybridized carbons (Fsp3) is 0.375. The lowest BCUT2D eigenvalue weighted by atomic mass is 10.3. The summed E-state index contributed by atoms with van der Waals surface area (Å²) in [6.45, 7) is 6.15. The molecule has 3 aromatic rings. The van der Waals surface area contributed by atoms with Gasteiger partial charge in [0, 0.05) is 11.6 Å². The second kappa shape index (κ2) is 5.19. The van der Waals surface area contributed by atoms with Crippen molar-refractivity contribution in [2.45, 2.75) is 33.1 Å². The van der Waals surface area contributed by atoms with Gasteiger partial charge in [0.15, 0.2) is 0 Å². The van der Waals surface area contributed by atoms with E-state index in [9.17, 15) is 0 Å². The van der Waals surface area contributed by atoms with Crippen LogP contribution in [0.5, 0.6) is 0 Å². The lowest BCUT2D eigenvalue weighted by molar-refractivity contribution is 0.500. The highest BCUT2D eigenvalue weighted by Crippen LogP contribution is 2.47. The van der Waals surface area contributed by atoms with Gasteiger partial charge in [-0.2, -0.15) is 14.9 Å². The topological polar surface area (TPSA) is 74.0 Å². The molecule has 0 saturated heterocycles. The SMILES string of the molecule is Cc1cc(C)n(-c2nncn2/N=C\c2ccc([C@H]3C[C@@H]3C)o2)n1. The first kappa shape index (κ1) is 13.9. The molecule has 2 atom stereocenters. The molecule has 3 aromatic heterocycles. The molecule has 7 heteroatoms. The fourth-order valence-corrected chi connectivity index (χ4v) is 2.75. The Morgan fingerprint density at radius 2 is 2.17 bits per heavy atom. The smallest absolute Gasteiger partial charge is 0.273 e.